The van der Waals surface area contributed by atoms with E-state index in [0.717, 1.165) is 11.0 Å². The van der Waals surface area contributed by atoms with Gasteiger partial charge in [-0.2, -0.15) is 0 Å². The zero-order valence-corrected chi connectivity index (χ0v) is 11.6. The molecule has 0 atom stereocenters. The molecule has 5 nitrogen and oxygen atoms in total. The Kier molecular flexibility index (Phi) is 9.25. The molecule has 0 bridgehead atoms. The summed E-state index contributed by atoms with van der Waals surface area (Å²) in [6.07, 6.45) is 0. The largest absolute Gasteiger partial charge is 1.00 e. The van der Waals surface area contributed by atoms with Gasteiger partial charge < -0.3 is 32.2 Å². The number of aliphatic hydroxyl groups excluding tert-OH is 1. The number of hydrogen-bond donors (Lipinski definition) is 3. The van der Waals surface area contributed by atoms with Crippen LogP contribution in [0.15, 0.2) is 24.3 Å². The minimum atomic E-state index is -1.11. The molecule has 6 heteroatoms. The van der Waals surface area contributed by atoms with Gasteiger partial charge in [0.2, 0.25) is 0 Å². The van der Waals surface area contributed by atoms with Crippen molar-refractivity contribution in [2.24, 2.45) is 0 Å². The Labute approximate surface area is 113 Å². The van der Waals surface area contributed by atoms with Gasteiger partial charge in [0.1, 0.15) is 17.9 Å². The number of quaternary nitrogens is 1. The zero-order chi connectivity index (χ0) is 13.5. The molecule has 0 aliphatic rings. The monoisotopic (exact) mass is 277 g/mol. The zero-order valence-electron chi connectivity index (χ0n) is 10.8. The summed E-state index contributed by atoms with van der Waals surface area (Å²) in [5, 5.41) is 25.7. The first-order chi connectivity index (χ1) is 7.78. The molecule has 0 aliphatic carbocycles. The van der Waals surface area contributed by atoms with Crippen molar-refractivity contribution in [1.82, 2.24) is 0 Å². The predicted molar refractivity (Wildman–Crippen MR) is 65.1 cm³/mol. The Bertz CT molecular complexity index is 363. The van der Waals surface area contributed by atoms with Gasteiger partial charge in [-0.15, -0.1) is 0 Å². The molecule has 0 radical (unpaired) electrons. The van der Waals surface area contributed by atoms with Gasteiger partial charge in [-0.3, -0.25) is 0 Å². The first-order valence-electron chi connectivity index (χ1n) is 5.20. The second-order valence-corrected chi connectivity index (χ2v) is 4.56. The lowest BCUT2D eigenvalue weighted by molar-refractivity contribution is -0.870. The molecule has 1 rings (SSSR count). The fraction of sp³-hybridized carbons (Fsp3) is 0.417. The van der Waals surface area contributed by atoms with Gasteiger partial charge in [-0.1, -0.05) is 12.1 Å². The molecule has 0 amide bonds. The van der Waals surface area contributed by atoms with Crippen molar-refractivity contribution >= 4 is 5.97 Å². The van der Waals surface area contributed by atoms with Crippen molar-refractivity contribution in [3.8, 4) is 5.75 Å². The number of carbonyl (C=O) groups is 1. The third-order valence-electron chi connectivity index (χ3n) is 1.91. The van der Waals surface area contributed by atoms with Crippen molar-refractivity contribution in [2.45, 2.75) is 0 Å². The van der Waals surface area contributed by atoms with E-state index in [1.54, 1.807) is 12.1 Å². The maximum atomic E-state index is 10.3. The number of halogens is 1. The number of para-hydroxylation sites is 1. The van der Waals surface area contributed by atoms with Gasteiger partial charge in [0, 0.05) is 0 Å². The lowest BCUT2D eigenvalue weighted by atomic mass is 10.2. The molecule has 1 aromatic rings. The molecule has 3 N–H and O–H groups in total. The third-order valence-corrected chi connectivity index (χ3v) is 1.91. The van der Waals surface area contributed by atoms with E-state index in [1.165, 1.54) is 12.1 Å². The number of nitrogens with zero attached hydrogens (tertiary/aromatic N) is 1. The van der Waals surface area contributed by atoms with Crippen LogP contribution in [0.1, 0.15) is 10.4 Å². The van der Waals surface area contributed by atoms with Crippen LogP contribution in [0.25, 0.3) is 0 Å². The second-order valence-electron chi connectivity index (χ2n) is 4.56. The lowest BCUT2D eigenvalue weighted by Crippen LogP contribution is -3.00. The number of benzene rings is 1. The average Bonchev–Trinajstić information content (AvgIpc) is 2.16. The number of hydrogen-bond acceptors (Lipinski definition) is 3. The highest BCUT2D eigenvalue weighted by Crippen LogP contribution is 2.14. The number of phenols is 1. The minimum absolute atomic E-state index is 0. The van der Waals surface area contributed by atoms with E-state index >= 15 is 0 Å². The van der Waals surface area contributed by atoms with Crippen LogP contribution in [0, 0.1) is 0 Å². The molecule has 0 saturated heterocycles. The smallest absolute Gasteiger partial charge is 0.339 e. The van der Waals surface area contributed by atoms with E-state index in [-0.39, 0.29) is 30.3 Å². The van der Waals surface area contributed by atoms with Crippen molar-refractivity contribution in [3.63, 3.8) is 0 Å². The Morgan fingerprint density at radius 1 is 1.22 bits per heavy atom. The molecule has 18 heavy (non-hydrogen) atoms. The van der Waals surface area contributed by atoms with E-state index in [0.29, 0.717) is 0 Å². The maximum Gasteiger partial charge on any atom is 0.339 e. The molecule has 1 aromatic carbocycles. The van der Waals surface area contributed by atoms with Gasteiger partial charge in [0.25, 0.3) is 0 Å². The molecule has 0 saturated carbocycles. The Balaban J connectivity index is 0. The van der Waals surface area contributed by atoms with Crippen molar-refractivity contribution in [1.29, 1.82) is 0 Å². The van der Waals surface area contributed by atoms with Crippen molar-refractivity contribution in [2.75, 3.05) is 34.3 Å². The number of aromatic carboxylic acids is 1. The van der Waals surface area contributed by atoms with Crippen LogP contribution >= 0.6 is 0 Å². The normalized spacial score (nSPS) is 9.78. The molecule has 0 aliphatic heterocycles. The first-order valence-corrected chi connectivity index (χ1v) is 5.20. The third kappa shape index (κ3) is 8.81. The average molecular weight is 278 g/mol. The molecule has 0 fully saturated rings. The topological polar surface area (TPSA) is 77.8 Å². The van der Waals surface area contributed by atoms with Crippen LogP contribution in [-0.2, 0) is 0 Å². The van der Waals surface area contributed by atoms with Crippen LogP contribution in [0.4, 0.5) is 0 Å². The maximum absolute atomic E-state index is 10.3. The van der Waals surface area contributed by atoms with E-state index in [2.05, 4.69) is 21.1 Å². The van der Waals surface area contributed by atoms with E-state index in [4.69, 9.17) is 15.3 Å². The lowest BCUT2D eigenvalue weighted by Gasteiger charge is -2.21. The quantitative estimate of drug-likeness (QED) is 0.547. The molecular weight excluding hydrogens is 258 g/mol. The fourth-order valence-corrected chi connectivity index (χ4v) is 0.954. The Morgan fingerprint density at radius 2 is 1.72 bits per heavy atom. The SMILES string of the molecule is C[N+](C)(C)CCO.O=C(O)c1ccccc1O.[Cl-]. The number of rotatable bonds is 3. The highest BCUT2D eigenvalue weighted by atomic mass is 35.5. The van der Waals surface area contributed by atoms with Crippen molar-refractivity contribution in [3.05, 3.63) is 29.8 Å². The van der Waals surface area contributed by atoms with Gasteiger partial charge in [0.05, 0.1) is 27.7 Å². The summed E-state index contributed by atoms with van der Waals surface area (Å²) in [6, 6.07) is 5.81. The van der Waals surface area contributed by atoms with Crippen LogP contribution in [-0.4, -0.2) is 60.1 Å². The number of carboxylic acid groups (broad SMARTS) is 1. The summed E-state index contributed by atoms with van der Waals surface area (Å²) in [6.45, 7) is 1.11. The van der Waals surface area contributed by atoms with Crippen LogP contribution < -0.4 is 12.4 Å². The van der Waals surface area contributed by atoms with Gasteiger partial charge in [-0.25, -0.2) is 4.79 Å². The number of aromatic hydroxyl groups is 1. The molecule has 0 heterocycles. The molecule has 104 valence electrons. The number of aliphatic hydroxyl groups is 1. The second kappa shape index (κ2) is 8.74. The van der Waals surface area contributed by atoms with E-state index in [1.807, 2.05) is 0 Å². The predicted octanol–water partition coefficient (Wildman–Crippen LogP) is -2.22. The van der Waals surface area contributed by atoms with E-state index in [9.17, 15) is 4.79 Å². The van der Waals surface area contributed by atoms with Gasteiger partial charge in [-0.05, 0) is 12.1 Å². The number of carboxylic acids is 1. The number of likely N-dealkylation sites (N-methyl/N-ethyl adjacent to an activating group) is 1. The van der Waals surface area contributed by atoms with Crippen LogP contribution in [0.5, 0.6) is 5.75 Å². The standard InChI is InChI=1S/C7H6O3.C5H14NO.ClH/c8-6-4-2-1-3-5(6)7(9)10;1-6(2,3)4-5-7;/h1-4,8H,(H,9,10);7H,4-5H2,1-3H3;1H/q;+1;/p-1. The summed E-state index contributed by atoms with van der Waals surface area (Å²) in [4.78, 5) is 10.3. The van der Waals surface area contributed by atoms with Gasteiger partial charge in [0.15, 0.2) is 0 Å². The first kappa shape index (κ1) is 19.0. The van der Waals surface area contributed by atoms with Gasteiger partial charge >= 0.3 is 5.97 Å². The molecule has 0 aromatic heterocycles. The summed E-state index contributed by atoms with van der Waals surface area (Å²) in [7, 11) is 6.16. The summed E-state index contributed by atoms with van der Waals surface area (Å²) < 4.78 is 0.844. The Morgan fingerprint density at radius 3 is 1.94 bits per heavy atom. The van der Waals surface area contributed by atoms with Crippen LogP contribution in [0.3, 0.4) is 0 Å². The van der Waals surface area contributed by atoms with E-state index < -0.39 is 5.97 Å². The highest BCUT2D eigenvalue weighted by molar-refractivity contribution is 5.90. The summed E-state index contributed by atoms with van der Waals surface area (Å²) in [5.41, 5.74) is -0.0671. The Hall–Kier alpha value is -1.30. The fourth-order valence-electron chi connectivity index (χ4n) is 0.954. The van der Waals surface area contributed by atoms with Crippen LogP contribution in [0.2, 0.25) is 0 Å². The minimum Gasteiger partial charge on any atom is -1.00 e. The summed E-state index contributed by atoms with van der Waals surface area (Å²) >= 11 is 0. The van der Waals surface area contributed by atoms with Crippen molar-refractivity contribution < 1.29 is 37.0 Å². The highest BCUT2D eigenvalue weighted by Gasteiger charge is 2.05. The molecular formula is C12H20ClNO4. The summed E-state index contributed by atoms with van der Waals surface area (Å²) in [5.74, 6) is -1.31. The molecule has 0 unspecified atom stereocenters. The molecule has 0 spiro atoms.